The fraction of sp³-hybridized carbons (Fsp3) is 0.412. The molecule has 2 bridgehead atoms. The smallest absolute Gasteiger partial charge is 0.334 e. The summed E-state index contributed by atoms with van der Waals surface area (Å²) in [5.41, 5.74) is 3.30. The molecule has 0 spiro atoms. The Labute approximate surface area is 128 Å². The molecule has 116 valence electrons. The lowest BCUT2D eigenvalue weighted by atomic mass is 9.96. The Morgan fingerprint density at radius 1 is 1.36 bits per heavy atom. The third-order valence-electron chi connectivity index (χ3n) is 4.04. The van der Waals surface area contributed by atoms with Crippen LogP contribution in [-0.2, 0) is 19.1 Å². The monoisotopic (exact) mass is 302 g/mol. The highest BCUT2D eigenvalue weighted by molar-refractivity contribution is 5.91. The molecule has 0 N–H and O–H groups in total. The summed E-state index contributed by atoms with van der Waals surface area (Å²) < 4.78 is 16.4. The third-order valence-corrected chi connectivity index (χ3v) is 4.04. The zero-order valence-corrected chi connectivity index (χ0v) is 12.8. The van der Waals surface area contributed by atoms with Gasteiger partial charge in [0.1, 0.15) is 11.9 Å². The number of hydrogen-bond acceptors (Lipinski definition) is 5. The SMILES string of the molecule is CC(=O)O[C@@H]1CCC2=CC(OC2=O)c2c(C)coc2/C=C\1C. The molecule has 3 rings (SSSR count). The van der Waals surface area contributed by atoms with Gasteiger partial charge in [0.25, 0.3) is 0 Å². The van der Waals surface area contributed by atoms with Gasteiger partial charge in [-0.05, 0) is 50.0 Å². The molecule has 22 heavy (non-hydrogen) atoms. The maximum atomic E-state index is 12.0. The minimum absolute atomic E-state index is 0.308. The molecule has 1 aromatic rings. The van der Waals surface area contributed by atoms with E-state index in [1.54, 1.807) is 6.26 Å². The van der Waals surface area contributed by atoms with Gasteiger partial charge in [0, 0.05) is 18.1 Å². The second-order valence-electron chi connectivity index (χ2n) is 5.74. The summed E-state index contributed by atoms with van der Waals surface area (Å²) in [6.07, 6.45) is 5.64. The van der Waals surface area contributed by atoms with Crippen LogP contribution in [0, 0.1) is 6.92 Å². The van der Waals surface area contributed by atoms with Crippen molar-refractivity contribution in [3.05, 3.63) is 40.4 Å². The minimum Gasteiger partial charge on any atom is -0.464 e. The molecular formula is C17H18O5. The van der Waals surface area contributed by atoms with E-state index in [2.05, 4.69) is 0 Å². The van der Waals surface area contributed by atoms with Crippen molar-refractivity contribution in [3.63, 3.8) is 0 Å². The molecule has 0 saturated carbocycles. The van der Waals surface area contributed by atoms with Crippen molar-refractivity contribution in [2.24, 2.45) is 0 Å². The van der Waals surface area contributed by atoms with Gasteiger partial charge in [0.2, 0.25) is 0 Å². The largest absolute Gasteiger partial charge is 0.464 e. The molecule has 0 amide bonds. The predicted octanol–water partition coefficient (Wildman–Crippen LogP) is 3.24. The number of carbonyl (C=O) groups is 2. The molecule has 0 fully saturated rings. The molecule has 2 aliphatic rings. The standard InChI is InChI=1S/C17H18O5/c1-9-6-14-16(10(2)8-20-14)15-7-12(17(19)22-15)4-5-13(9)21-11(3)18/h6-8,13,15H,4-5H2,1-3H3/b9-6-/t13-,15?/m1/s1. The van der Waals surface area contributed by atoms with E-state index in [0.29, 0.717) is 24.2 Å². The summed E-state index contributed by atoms with van der Waals surface area (Å²) in [7, 11) is 0. The number of carbonyl (C=O) groups excluding carboxylic acids is 2. The summed E-state index contributed by atoms with van der Waals surface area (Å²) in [4.78, 5) is 23.3. The first-order chi connectivity index (χ1) is 10.5. The molecule has 1 unspecified atom stereocenters. The molecular weight excluding hydrogens is 284 g/mol. The van der Waals surface area contributed by atoms with E-state index < -0.39 is 6.10 Å². The van der Waals surface area contributed by atoms with Gasteiger partial charge in [-0.1, -0.05) is 0 Å². The number of hydrogen-bond donors (Lipinski definition) is 0. The number of aryl methyl sites for hydroxylation is 1. The molecule has 1 aliphatic carbocycles. The number of rotatable bonds is 1. The van der Waals surface area contributed by atoms with Crippen LogP contribution in [0.15, 0.2) is 27.9 Å². The van der Waals surface area contributed by atoms with Crippen molar-refractivity contribution in [2.75, 3.05) is 0 Å². The second kappa shape index (κ2) is 5.48. The van der Waals surface area contributed by atoms with E-state index in [4.69, 9.17) is 13.9 Å². The first-order valence-corrected chi connectivity index (χ1v) is 7.30. The highest BCUT2D eigenvalue weighted by atomic mass is 16.6. The Hall–Kier alpha value is -2.30. The fourth-order valence-electron chi connectivity index (χ4n) is 2.92. The summed E-state index contributed by atoms with van der Waals surface area (Å²) in [6.45, 7) is 5.20. The maximum Gasteiger partial charge on any atom is 0.334 e. The zero-order chi connectivity index (χ0) is 15.9. The van der Waals surface area contributed by atoms with Gasteiger partial charge in [-0.25, -0.2) is 4.79 Å². The van der Waals surface area contributed by atoms with Crippen molar-refractivity contribution in [2.45, 2.75) is 45.8 Å². The van der Waals surface area contributed by atoms with Crippen LogP contribution < -0.4 is 0 Å². The van der Waals surface area contributed by atoms with E-state index in [9.17, 15) is 9.59 Å². The molecule has 0 saturated heterocycles. The van der Waals surface area contributed by atoms with Crippen LogP contribution in [0.4, 0.5) is 0 Å². The van der Waals surface area contributed by atoms with Gasteiger partial charge in [-0.15, -0.1) is 0 Å². The van der Waals surface area contributed by atoms with Crippen molar-refractivity contribution in [1.82, 2.24) is 0 Å². The summed E-state index contributed by atoms with van der Waals surface area (Å²) in [5.74, 6) is -0.00598. The zero-order valence-electron chi connectivity index (χ0n) is 12.8. The Kier molecular flexibility index (Phi) is 3.64. The van der Waals surface area contributed by atoms with Crippen LogP contribution in [-0.4, -0.2) is 18.0 Å². The lowest BCUT2D eigenvalue weighted by Crippen LogP contribution is -2.18. The number of esters is 2. The van der Waals surface area contributed by atoms with Gasteiger partial charge in [-0.2, -0.15) is 0 Å². The summed E-state index contributed by atoms with van der Waals surface area (Å²) >= 11 is 0. The maximum absolute atomic E-state index is 12.0. The highest BCUT2D eigenvalue weighted by Crippen LogP contribution is 2.37. The van der Waals surface area contributed by atoms with Crippen molar-refractivity contribution in [3.8, 4) is 0 Å². The van der Waals surface area contributed by atoms with Crippen LogP contribution >= 0.6 is 0 Å². The van der Waals surface area contributed by atoms with Gasteiger partial charge >= 0.3 is 11.9 Å². The quantitative estimate of drug-likeness (QED) is 0.745. The highest BCUT2D eigenvalue weighted by Gasteiger charge is 2.32. The fourth-order valence-corrected chi connectivity index (χ4v) is 2.92. The third kappa shape index (κ3) is 2.58. The Balaban J connectivity index is 2.06. The molecule has 5 nitrogen and oxygen atoms in total. The topological polar surface area (TPSA) is 65.7 Å². The predicted molar refractivity (Wildman–Crippen MR) is 78.8 cm³/mol. The van der Waals surface area contributed by atoms with Gasteiger partial charge in [0.05, 0.1) is 6.26 Å². The van der Waals surface area contributed by atoms with Gasteiger partial charge < -0.3 is 13.9 Å². The average molecular weight is 302 g/mol. The van der Waals surface area contributed by atoms with E-state index in [0.717, 1.165) is 16.7 Å². The summed E-state index contributed by atoms with van der Waals surface area (Å²) in [5, 5.41) is 0. The first kappa shape index (κ1) is 14.6. The van der Waals surface area contributed by atoms with Crippen LogP contribution in [0.2, 0.25) is 0 Å². The van der Waals surface area contributed by atoms with E-state index in [1.165, 1.54) is 6.92 Å². The Morgan fingerprint density at radius 2 is 2.14 bits per heavy atom. The molecule has 0 aromatic carbocycles. The summed E-state index contributed by atoms with van der Waals surface area (Å²) in [6, 6.07) is 0. The minimum atomic E-state index is -0.398. The molecule has 5 heteroatoms. The van der Waals surface area contributed by atoms with E-state index >= 15 is 0 Å². The lowest BCUT2D eigenvalue weighted by molar-refractivity contribution is -0.144. The molecule has 2 atom stereocenters. The molecule has 1 aliphatic heterocycles. The Bertz CT molecular complexity index is 692. The number of fused-ring (bicyclic) bond motifs is 3. The second-order valence-corrected chi connectivity index (χ2v) is 5.74. The normalized spacial score (nSPS) is 26.4. The van der Waals surface area contributed by atoms with Gasteiger partial charge in [-0.3, -0.25) is 4.79 Å². The van der Waals surface area contributed by atoms with Crippen LogP contribution in [0.5, 0.6) is 0 Å². The average Bonchev–Trinajstić information content (AvgIpc) is 2.97. The van der Waals surface area contributed by atoms with Crippen molar-refractivity contribution < 1.29 is 23.5 Å². The van der Waals surface area contributed by atoms with Crippen LogP contribution in [0.25, 0.3) is 6.08 Å². The van der Waals surface area contributed by atoms with Crippen molar-refractivity contribution >= 4 is 18.0 Å². The van der Waals surface area contributed by atoms with Crippen LogP contribution in [0.3, 0.4) is 0 Å². The Morgan fingerprint density at radius 3 is 2.86 bits per heavy atom. The molecule has 0 radical (unpaired) electrons. The molecule has 2 heterocycles. The molecule has 1 aromatic heterocycles. The van der Waals surface area contributed by atoms with Gasteiger partial charge in [0.15, 0.2) is 6.10 Å². The number of ether oxygens (including phenoxy) is 2. The van der Waals surface area contributed by atoms with Crippen LogP contribution in [0.1, 0.15) is 49.7 Å². The van der Waals surface area contributed by atoms with E-state index in [1.807, 2.05) is 26.0 Å². The van der Waals surface area contributed by atoms with Crippen molar-refractivity contribution in [1.29, 1.82) is 0 Å². The first-order valence-electron chi connectivity index (χ1n) is 7.30. The lowest BCUT2D eigenvalue weighted by Gasteiger charge is -2.18. The van der Waals surface area contributed by atoms with E-state index in [-0.39, 0.29) is 18.0 Å². The number of furan rings is 1.